The molecule has 1 heterocycles. The van der Waals surface area contributed by atoms with Crippen LogP contribution in [0.5, 0.6) is 0 Å². The number of halogens is 1. The second kappa shape index (κ2) is 7.15. The molecule has 2 fully saturated rings. The zero-order chi connectivity index (χ0) is 17.2. The smallest absolute Gasteiger partial charge is 0.230 e. The summed E-state index contributed by atoms with van der Waals surface area (Å²) in [5.41, 5.74) is 0.623. The van der Waals surface area contributed by atoms with E-state index in [4.69, 9.17) is 0 Å². The Morgan fingerprint density at radius 1 is 1.24 bits per heavy atom. The molecule has 2 aromatic rings. The molecular weight excluding hydrogens is 339 g/mol. The average molecular weight is 360 g/mol. The van der Waals surface area contributed by atoms with Crippen LogP contribution in [0.2, 0.25) is 0 Å². The predicted octanol–water partition coefficient (Wildman–Crippen LogP) is 3.08. The van der Waals surface area contributed by atoms with Gasteiger partial charge in [0.2, 0.25) is 5.91 Å². The van der Waals surface area contributed by atoms with E-state index in [1.54, 1.807) is 18.2 Å². The molecule has 5 nitrogen and oxygen atoms in total. The second-order valence-electron chi connectivity index (χ2n) is 6.70. The minimum atomic E-state index is -0.226. The molecule has 25 heavy (non-hydrogen) atoms. The number of benzene rings is 1. The number of amides is 1. The van der Waals surface area contributed by atoms with Gasteiger partial charge in [0.05, 0.1) is 5.75 Å². The van der Waals surface area contributed by atoms with E-state index in [0.29, 0.717) is 36.2 Å². The highest BCUT2D eigenvalue weighted by Crippen LogP contribution is 2.45. The number of aromatic nitrogens is 3. The summed E-state index contributed by atoms with van der Waals surface area (Å²) >= 11 is 1.44. The van der Waals surface area contributed by atoms with E-state index in [1.807, 2.05) is 0 Å². The van der Waals surface area contributed by atoms with E-state index in [-0.39, 0.29) is 11.7 Å². The highest BCUT2D eigenvalue weighted by molar-refractivity contribution is 7.99. The summed E-state index contributed by atoms with van der Waals surface area (Å²) in [6.45, 7) is 0.433. The lowest BCUT2D eigenvalue weighted by Crippen LogP contribution is -2.27. The lowest BCUT2D eigenvalue weighted by atomic mass is 10.1. The van der Waals surface area contributed by atoms with Gasteiger partial charge in [0.1, 0.15) is 11.6 Å². The first-order chi connectivity index (χ1) is 12.2. The van der Waals surface area contributed by atoms with Gasteiger partial charge in [-0.05, 0) is 43.7 Å². The van der Waals surface area contributed by atoms with Crippen LogP contribution >= 0.6 is 11.8 Å². The van der Waals surface area contributed by atoms with Gasteiger partial charge in [-0.25, -0.2) is 4.39 Å². The summed E-state index contributed by atoms with van der Waals surface area (Å²) in [6, 6.07) is 7.18. The maximum atomic E-state index is 13.5. The molecule has 4 rings (SSSR count). The first-order valence-corrected chi connectivity index (χ1v) is 9.78. The van der Waals surface area contributed by atoms with Gasteiger partial charge in [0, 0.05) is 18.5 Å². The molecule has 0 radical (unpaired) electrons. The lowest BCUT2D eigenvalue weighted by Gasteiger charge is -2.08. The maximum absolute atomic E-state index is 13.5. The predicted molar refractivity (Wildman–Crippen MR) is 94.1 cm³/mol. The Balaban J connectivity index is 1.27. The van der Waals surface area contributed by atoms with Crippen LogP contribution in [-0.2, 0) is 11.2 Å². The SMILES string of the molecule is O=C(CSc1nnc(C2CC2)n1C1CC1)NCCc1ccccc1F. The monoisotopic (exact) mass is 360 g/mol. The van der Waals surface area contributed by atoms with Gasteiger partial charge in [-0.2, -0.15) is 0 Å². The number of nitrogens with zero attached hydrogens (tertiary/aromatic N) is 3. The number of hydrogen-bond acceptors (Lipinski definition) is 4. The molecule has 2 saturated carbocycles. The summed E-state index contributed by atoms with van der Waals surface area (Å²) < 4.78 is 15.8. The molecule has 0 spiro atoms. The van der Waals surface area contributed by atoms with Crippen LogP contribution in [0.3, 0.4) is 0 Å². The van der Waals surface area contributed by atoms with Crippen molar-refractivity contribution in [2.24, 2.45) is 0 Å². The van der Waals surface area contributed by atoms with E-state index in [0.717, 1.165) is 11.0 Å². The fourth-order valence-corrected chi connectivity index (χ4v) is 3.74. The van der Waals surface area contributed by atoms with E-state index in [9.17, 15) is 9.18 Å². The molecule has 2 aliphatic carbocycles. The summed E-state index contributed by atoms with van der Waals surface area (Å²) in [7, 11) is 0. The second-order valence-corrected chi connectivity index (χ2v) is 7.64. The third kappa shape index (κ3) is 4.03. The van der Waals surface area contributed by atoms with Gasteiger partial charge in [-0.15, -0.1) is 10.2 Å². The largest absolute Gasteiger partial charge is 0.355 e. The summed E-state index contributed by atoms with van der Waals surface area (Å²) in [6.07, 6.45) is 5.26. The Labute approximate surface area is 150 Å². The van der Waals surface area contributed by atoms with Crippen LogP contribution in [0.4, 0.5) is 4.39 Å². The van der Waals surface area contributed by atoms with Crippen LogP contribution in [0.1, 0.15) is 49.0 Å². The Kier molecular flexibility index (Phi) is 4.74. The van der Waals surface area contributed by atoms with Gasteiger partial charge in [-0.1, -0.05) is 30.0 Å². The normalized spacial score (nSPS) is 16.8. The molecule has 1 N–H and O–H groups in total. The lowest BCUT2D eigenvalue weighted by molar-refractivity contribution is -0.118. The van der Waals surface area contributed by atoms with Crippen LogP contribution in [0.15, 0.2) is 29.4 Å². The van der Waals surface area contributed by atoms with Crippen molar-refractivity contribution in [1.29, 1.82) is 0 Å². The van der Waals surface area contributed by atoms with Crippen molar-refractivity contribution in [1.82, 2.24) is 20.1 Å². The molecule has 1 amide bonds. The molecule has 2 aliphatic rings. The molecule has 0 unspecified atom stereocenters. The number of carbonyl (C=O) groups excluding carboxylic acids is 1. The van der Waals surface area contributed by atoms with Crippen LogP contribution in [0.25, 0.3) is 0 Å². The quantitative estimate of drug-likeness (QED) is 0.735. The first kappa shape index (κ1) is 16.6. The van der Waals surface area contributed by atoms with Crippen LogP contribution in [-0.4, -0.2) is 33.0 Å². The molecule has 0 bridgehead atoms. The number of rotatable bonds is 8. The molecule has 0 atom stereocenters. The topological polar surface area (TPSA) is 59.8 Å². The molecule has 7 heteroatoms. The summed E-state index contributed by atoms with van der Waals surface area (Å²) in [5, 5.41) is 12.4. The standard InChI is InChI=1S/C18H21FN4OS/c19-15-4-2-1-3-12(15)9-10-20-16(24)11-25-18-22-21-17(13-5-6-13)23(18)14-7-8-14/h1-4,13-14H,5-11H2,(H,20,24). The van der Waals surface area contributed by atoms with E-state index in [2.05, 4.69) is 20.1 Å². The van der Waals surface area contributed by atoms with Crippen LogP contribution in [0, 0.1) is 5.82 Å². The van der Waals surface area contributed by atoms with Crippen molar-refractivity contribution in [2.45, 2.75) is 49.2 Å². The molecule has 1 aromatic heterocycles. The Morgan fingerprint density at radius 2 is 2.04 bits per heavy atom. The fraction of sp³-hybridized carbons (Fsp3) is 0.500. The Hall–Kier alpha value is -1.89. The highest BCUT2D eigenvalue weighted by Gasteiger charge is 2.36. The van der Waals surface area contributed by atoms with Crippen molar-refractivity contribution in [3.8, 4) is 0 Å². The van der Waals surface area contributed by atoms with E-state index in [1.165, 1.54) is 43.5 Å². The minimum absolute atomic E-state index is 0.0559. The van der Waals surface area contributed by atoms with Crippen molar-refractivity contribution in [3.05, 3.63) is 41.5 Å². The highest BCUT2D eigenvalue weighted by atomic mass is 32.2. The van der Waals surface area contributed by atoms with Crippen LogP contribution < -0.4 is 5.32 Å². The Bertz CT molecular complexity index is 770. The maximum Gasteiger partial charge on any atom is 0.230 e. The molecular formula is C18H21FN4OS. The van der Waals surface area contributed by atoms with Crippen molar-refractivity contribution >= 4 is 17.7 Å². The zero-order valence-electron chi connectivity index (χ0n) is 13.9. The zero-order valence-corrected chi connectivity index (χ0v) is 14.8. The Morgan fingerprint density at radius 3 is 2.76 bits per heavy atom. The summed E-state index contributed by atoms with van der Waals surface area (Å²) in [4.78, 5) is 12.1. The van der Waals surface area contributed by atoms with Gasteiger partial charge < -0.3 is 9.88 Å². The van der Waals surface area contributed by atoms with Crippen molar-refractivity contribution in [2.75, 3.05) is 12.3 Å². The van der Waals surface area contributed by atoms with Crippen molar-refractivity contribution < 1.29 is 9.18 Å². The van der Waals surface area contributed by atoms with Gasteiger partial charge in [0.15, 0.2) is 5.16 Å². The first-order valence-electron chi connectivity index (χ1n) is 8.80. The third-order valence-electron chi connectivity index (χ3n) is 4.55. The van der Waals surface area contributed by atoms with Gasteiger partial charge in [-0.3, -0.25) is 4.79 Å². The number of thioether (sulfide) groups is 1. The van der Waals surface area contributed by atoms with Gasteiger partial charge in [0.25, 0.3) is 0 Å². The van der Waals surface area contributed by atoms with Gasteiger partial charge >= 0.3 is 0 Å². The third-order valence-corrected chi connectivity index (χ3v) is 5.50. The van der Waals surface area contributed by atoms with Crippen molar-refractivity contribution in [3.63, 3.8) is 0 Å². The summed E-state index contributed by atoms with van der Waals surface area (Å²) in [5.74, 6) is 1.70. The minimum Gasteiger partial charge on any atom is -0.355 e. The number of carbonyl (C=O) groups is 1. The molecule has 0 aliphatic heterocycles. The molecule has 132 valence electrons. The average Bonchev–Trinajstić information content (AvgIpc) is 3.53. The molecule has 0 saturated heterocycles. The number of hydrogen-bond donors (Lipinski definition) is 1. The van der Waals surface area contributed by atoms with E-state index < -0.39 is 0 Å². The van der Waals surface area contributed by atoms with E-state index >= 15 is 0 Å². The fourth-order valence-electron chi connectivity index (χ4n) is 2.90. The number of nitrogens with one attached hydrogen (secondary N) is 1. The molecule has 1 aromatic carbocycles.